The number of para-hydroxylation sites is 1. The number of aromatic carboxylic acids is 1. The highest BCUT2D eigenvalue weighted by Crippen LogP contribution is 2.38. The second-order valence-electron chi connectivity index (χ2n) is 5.22. The Morgan fingerprint density at radius 1 is 1.33 bits per heavy atom. The number of benzene rings is 1. The van der Waals surface area contributed by atoms with Crippen molar-refractivity contribution in [2.45, 2.75) is 26.7 Å². The lowest BCUT2D eigenvalue weighted by molar-refractivity contribution is 0.0700. The Kier molecular flexibility index (Phi) is 3.29. The van der Waals surface area contributed by atoms with E-state index in [1.54, 1.807) is 0 Å². The van der Waals surface area contributed by atoms with Crippen molar-refractivity contribution in [3.05, 3.63) is 40.6 Å². The predicted molar refractivity (Wildman–Crippen MR) is 83.1 cm³/mol. The lowest BCUT2D eigenvalue weighted by atomic mass is 10.1. The molecule has 1 N–H and O–H groups in total. The van der Waals surface area contributed by atoms with Crippen molar-refractivity contribution in [2.75, 3.05) is 0 Å². The van der Waals surface area contributed by atoms with Gasteiger partial charge in [-0.3, -0.25) is 0 Å². The predicted octanol–water partition coefficient (Wildman–Crippen LogP) is 4.69. The van der Waals surface area contributed by atoms with Crippen molar-refractivity contribution < 1.29 is 14.3 Å². The van der Waals surface area contributed by atoms with Gasteiger partial charge >= 0.3 is 5.97 Å². The fourth-order valence-corrected chi connectivity index (χ4v) is 3.58. The van der Waals surface area contributed by atoms with Gasteiger partial charge in [-0.05, 0) is 18.9 Å². The number of thiazole rings is 1. The van der Waals surface area contributed by atoms with Crippen LogP contribution < -0.4 is 0 Å². The summed E-state index contributed by atoms with van der Waals surface area (Å²) in [6.45, 7) is 5.78. The molecule has 0 radical (unpaired) electrons. The maximum absolute atomic E-state index is 11.4. The zero-order chi connectivity index (χ0) is 15.1. The summed E-state index contributed by atoms with van der Waals surface area (Å²) in [7, 11) is 0. The van der Waals surface area contributed by atoms with Gasteiger partial charge in [0.25, 0.3) is 0 Å². The van der Waals surface area contributed by atoms with E-state index in [9.17, 15) is 9.90 Å². The Balaban J connectivity index is 2.26. The maximum Gasteiger partial charge on any atom is 0.347 e. The average molecular weight is 301 g/mol. The van der Waals surface area contributed by atoms with Gasteiger partial charge in [0.2, 0.25) is 0 Å². The molecule has 0 amide bonds. The number of carboxylic acids is 1. The molecule has 4 nitrogen and oxygen atoms in total. The standard InChI is InChI=1S/C16H15NO3S/c1-8(2)13-14(16(18)19)21-15(17-13)12-9(3)20-11-7-5-4-6-10(11)12/h4-8H,1-3H3,(H,18,19). The molecule has 0 saturated carbocycles. The molecule has 2 heterocycles. The van der Waals surface area contributed by atoms with Gasteiger partial charge in [0.1, 0.15) is 21.2 Å². The second kappa shape index (κ2) is 5.00. The van der Waals surface area contributed by atoms with Crippen LogP contribution in [0.15, 0.2) is 28.7 Å². The van der Waals surface area contributed by atoms with Crippen LogP contribution in [-0.2, 0) is 0 Å². The van der Waals surface area contributed by atoms with Crippen LogP contribution in [0.3, 0.4) is 0 Å². The molecule has 0 aliphatic heterocycles. The number of rotatable bonds is 3. The molecule has 3 rings (SSSR count). The van der Waals surface area contributed by atoms with E-state index in [0.717, 1.165) is 22.3 Å². The third-order valence-electron chi connectivity index (χ3n) is 3.38. The molecule has 0 aliphatic rings. The van der Waals surface area contributed by atoms with Crippen molar-refractivity contribution in [1.29, 1.82) is 0 Å². The van der Waals surface area contributed by atoms with E-state index in [-0.39, 0.29) is 5.92 Å². The first-order valence-electron chi connectivity index (χ1n) is 6.71. The summed E-state index contributed by atoms with van der Waals surface area (Å²) in [6.07, 6.45) is 0. The fourth-order valence-electron chi connectivity index (χ4n) is 2.42. The molecule has 1 aromatic carbocycles. The van der Waals surface area contributed by atoms with Crippen LogP contribution in [0.1, 0.15) is 40.9 Å². The molecule has 0 spiro atoms. The van der Waals surface area contributed by atoms with E-state index in [1.807, 2.05) is 45.0 Å². The van der Waals surface area contributed by atoms with Gasteiger partial charge in [0.05, 0.1) is 11.3 Å². The van der Waals surface area contributed by atoms with E-state index in [2.05, 4.69) is 4.98 Å². The minimum atomic E-state index is -0.923. The summed E-state index contributed by atoms with van der Waals surface area (Å²) in [5.41, 5.74) is 2.32. The Bertz CT molecular complexity index is 829. The largest absolute Gasteiger partial charge is 0.477 e. The molecule has 0 saturated heterocycles. The molecule has 108 valence electrons. The molecule has 0 unspecified atom stereocenters. The SMILES string of the molecule is Cc1oc2ccccc2c1-c1nc(C(C)C)c(C(=O)O)s1. The lowest BCUT2D eigenvalue weighted by Crippen LogP contribution is -2.00. The van der Waals surface area contributed by atoms with Crippen LogP contribution >= 0.6 is 11.3 Å². The quantitative estimate of drug-likeness (QED) is 0.762. The Labute approximate surface area is 126 Å². The summed E-state index contributed by atoms with van der Waals surface area (Å²) in [4.78, 5) is 16.3. The lowest BCUT2D eigenvalue weighted by Gasteiger charge is -2.00. The van der Waals surface area contributed by atoms with Crippen molar-refractivity contribution in [1.82, 2.24) is 4.98 Å². The molecule has 0 bridgehead atoms. The number of carbonyl (C=O) groups is 1. The van der Waals surface area contributed by atoms with Crippen molar-refractivity contribution in [2.24, 2.45) is 0 Å². The Hall–Kier alpha value is -2.14. The Morgan fingerprint density at radius 2 is 2.05 bits per heavy atom. The molecular weight excluding hydrogens is 286 g/mol. The number of hydrogen-bond donors (Lipinski definition) is 1. The van der Waals surface area contributed by atoms with Crippen LogP contribution in [0.2, 0.25) is 0 Å². The van der Waals surface area contributed by atoms with Crippen LogP contribution in [0.25, 0.3) is 21.5 Å². The number of fused-ring (bicyclic) bond motifs is 1. The monoisotopic (exact) mass is 301 g/mol. The third kappa shape index (κ3) is 2.23. The highest BCUT2D eigenvalue weighted by Gasteiger charge is 2.23. The van der Waals surface area contributed by atoms with Gasteiger partial charge in [-0.15, -0.1) is 11.3 Å². The van der Waals surface area contributed by atoms with Crippen LogP contribution in [-0.4, -0.2) is 16.1 Å². The first-order chi connectivity index (χ1) is 9.99. The molecule has 21 heavy (non-hydrogen) atoms. The van der Waals surface area contributed by atoms with E-state index in [4.69, 9.17) is 4.42 Å². The minimum Gasteiger partial charge on any atom is -0.477 e. The van der Waals surface area contributed by atoms with Gasteiger partial charge in [-0.1, -0.05) is 32.0 Å². The number of aryl methyl sites for hydroxylation is 1. The Morgan fingerprint density at radius 3 is 2.67 bits per heavy atom. The smallest absolute Gasteiger partial charge is 0.347 e. The summed E-state index contributed by atoms with van der Waals surface area (Å²) >= 11 is 1.21. The number of furan rings is 1. The summed E-state index contributed by atoms with van der Waals surface area (Å²) in [6, 6.07) is 7.73. The first-order valence-corrected chi connectivity index (χ1v) is 7.53. The normalized spacial score (nSPS) is 11.4. The number of aromatic nitrogens is 1. The van der Waals surface area contributed by atoms with Gasteiger partial charge in [-0.2, -0.15) is 0 Å². The van der Waals surface area contributed by atoms with Crippen LogP contribution in [0.4, 0.5) is 0 Å². The topological polar surface area (TPSA) is 63.3 Å². The summed E-state index contributed by atoms with van der Waals surface area (Å²) in [5, 5.41) is 11.0. The molecule has 0 fully saturated rings. The second-order valence-corrected chi connectivity index (χ2v) is 6.22. The zero-order valence-electron chi connectivity index (χ0n) is 12.0. The van der Waals surface area contributed by atoms with Crippen molar-refractivity contribution in [3.8, 4) is 10.6 Å². The highest BCUT2D eigenvalue weighted by molar-refractivity contribution is 7.17. The average Bonchev–Trinajstić information content (AvgIpc) is 2.98. The van der Waals surface area contributed by atoms with Crippen molar-refractivity contribution in [3.63, 3.8) is 0 Å². The molecule has 2 aromatic heterocycles. The molecule has 0 atom stereocenters. The number of hydrogen-bond acceptors (Lipinski definition) is 4. The molecule has 0 aliphatic carbocycles. The van der Waals surface area contributed by atoms with Crippen LogP contribution in [0, 0.1) is 6.92 Å². The van der Waals surface area contributed by atoms with Gasteiger partial charge in [0, 0.05) is 5.39 Å². The molecule has 5 heteroatoms. The maximum atomic E-state index is 11.4. The summed E-state index contributed by atoms with van der Waals surface area (Å²) in [5.74, 6) is -0.0929. The first kappa shape index (κ1) is 13.8. The van der Waals surface area contributed by atoms with E-state index >= 15 is 0 Å². The van der Waals surface area contributed by atoms with Crippen LogP contribution in [0.5, 0.6) is 0 Å². The van der Waals surface area contributed by atoms with Gasteiger partial charge in [-0.25, -0.2) is 9.78 Å². The van der Waals surface area contributed by atoms with E-state index in [0.29, 0.717) is 15.6 Å². The third-order valence-corrected chi connectivity index (χ3v) is 4.46. The fraction of sp³-hybridized carbons (Fsp3) is 0.250. The zero-order valence-corrected chi connectivity index (χ0v) is 12.8. The van der Waals surface area contributed by atoms with Crippen molar-refractivity contribution >= 4 is 28.3 Å². The minimum absolute atomic E-state index is 0.0690. The molecular formula is C16H15NO3S. The number of carboxylic acid groups (broad SMARTS) is 1. The molecule has 3 aromatic rings. The van der Waals surface area contributed by atoms with E-state index in [1.165, 1.54) is 11.3 Å². The summed E-state index contributed by atoms with van der Waals surface area (Å²) < 4.78 is 5.74. The highest BCUT2D eigenvalue weighted by atomic mass is 32.1. The van der Waals surface area contributed by atoms with Gasteiger partial charge < -0.3 is 9.52 Å². The van der Waals surface area contributed by atoms with Gasteiger partial charge in [0.15, 0.2) is 0 Å². The van der Waals surface area contributed by atoms with E-state index < -0.39 is 5.97 Å². The number of nitrogens with zero attached hydrogens (tertiary/aromatic N) is 1.